The first-order valence-electron chi connectivity index (χ1n) is 5.89. The van der Waals surface area contributed by atoms with Gasteiger partial charge in [-0.15, -0.1) is 0 Å². The summed E-state index contributed by atoms with van der Waals surface area (Å²) < 4.78 is 0. The molecule has 0 aromatic carbocycles. The lowest BCUT2D eigenvalue weighted by Crippen LogP contribution is -2.32. The summed E-state index contributed by atoms with van der Waals surface area (Å²) >= 11 is 0. The van der Waals surface area contributed by atoms with Crippen LogP contribution in [0.5, 0.6) is 0 Å². The number of aromatic nitrogens is 1. The molecule has 96 valence electrons. The number of nitriles is 1. The predicted molar refractivity (Wildman–Crippen MR) is 68.3 cm³/mol. The molecule has 0 saturated heterocycles. The van der Waals surface area contributed by atoms with Gasteiger partial charge < -0.3 is 10.0 Å². The van der Waals surface area contributed by atoms with E-state index >= 15 is 0 Å². The van der Waals surface area contributed by atoms with Crippen molar-refractivity contribution in [1.29, 1.82) is 5.26 Å². The lowest BCUT2D eigenvalue weighted by Gasteiger charge is -2.29. The fraction of sp³-hybridized carbons (Fsp3) is 0.462. The first-order chi connectivity index (χ1) is 8.56. The van der Waals surface area contributed by atoms with E-state index in [0.29, 0.717) is 18.7 Å². The van der Waals surface area contributed by atoms with Crippen LogP contribution in [0.1, 0.15) is 32.4 Å². The van der Waals surface area contributed by atoms with E-state index in [0.717, 1.165) is 5.69 Å². The lowest BCUT2D eigenvalue weighted by molar-refractivity contribution is -0.137. The van der Waals surface area contributed by atoms with Crippen molar-refractivity contribution < 1.29 is 9.90 Å². The number of rotatable bonds is 6. The van der Waals surface area contributed by atoms with E-state index < -0.39 is 5.97 Å². The van der Waals surface area contributed by atoms with E-state index in [1.807, 2.05) is 24.8 Å². The highest BCUT2D eigenvalue weighted by molar-refractivity contribution is 5.66. The van der Waals surface area contributed by atoms with Crippen LogP contribution in [0.3, 0.4) is 0 Å². The standard InChI is InChI=1S/C13H17N3O2/c1-10(2)16(8-4-6-13(17)18)12-5-3-7-15-11(12)9-14/h3,5,7,10H,4,6,8H2,1-2H3,(H,17,18). The molecule has 0 unspecified atom stereocenters. The average molecular weight is 247 g/mol. The molecule has 1 heterocycles. The molecule has 0 aliphatic heterocycles. The first kappa shape index (κ1) is 14.0. The highest BCUT2D eigenvalue weighted by Gasteiger charge is 2.15. The third-order valence-electron chi connectivity index (χ3n) is 2.61. The van der Waals surface area contributed by atoms with Gasteiger partial charge in [0.25, 0.3) is 0 Å². The zero-order chi connectivity index (χ0) is 13.5. The van der Waals surface area contributed by atoms with Crippen LogP contribution in [0.25, 0.3) is 0 Å². The molecule has 0 radical (unpaired) electrons. The third-order valence-corrected chi connectivity index (χ3v) is 2.61. The van der Waals surface area contributed by atoms with E-state index in [4.69, 9.17) is 10.4 Å². The lowest BCUT2D eigenvalue weighted by atomic mass is 10.2. The van der Waals surface area contributed by atoms with Gasteiger partial charge in [-0.25, -0.2) is 4.98 Å². The van der Waals surface area contributed by atoms with Gasteiger partial charge in [0, 0.05) is 25.2 Å². The summed E-state index contributed by atoms with van der Waals surface area (Å²) in [5, 5.41) is 17.7. The Balaban J connectivity index is 2.84. The van der Waals surface area contributed by atoms with Gasteiger partial charge in [0.1, 0.15) is 6.07 Å². The second-order valence-electron chi connectivity index (χ2n) is 4.27. The normalized spacial score (nSPS) is 10.1. The molecular formula is C13H17N3O2. The Hall–Kier alpha value is -2.09. The van der Waals surface area contributed by atoms with E-state index in [-0.39, 0.29) is 12.5 Å². The smallest absolute Gasteiger partial charge is 0.303 e. The van der Waals surface area contributed by atoms with Crippen LogP contribution in [-0.4, -0.2) is 28.6 Å². The molecule has 5 heteroatoms. The highest BCUT2D eigenvalue weighted by atomic mass is 16.4. The van der Waals surface area contributed by atoms with Crippen molar-refractivity contribution in [2.45, 2.75) is 32.7 Å². The minimum absolute atomic E-state index is 0.130. The molecule has 5 nitrogen and oxygen atoms in total. The van der Waals surface area contributed by atoms with Crippen LogP contribution in [0.15, 0.2) is 18.3 Å². The Morgan fingerprint density at radius 1 is 1.61 bits per heavy atom. The Bertz CT molecular complexity index is 452. The van der Waals surface area contributed by atoms with Gasteiger partial charge in [-0.3, -0.25) is 4.79 Å². The minimum Gasteiger partial charge on any atom is -0.481 e. The number of anilines is 1. The summed E-state index contributed by atoms with van der Waals surface area (Å²) in [7, 11) is 0. The minimum atomic E-state index is -0.801. The summed E-state index contributed by atoms with van der Waals surface area (Å²) in [6.07, 6.45) is 2.26. The van der Waals surface area contributed by atoms with E-state index in [2.05, 4.69) is 11.1 Å². The summed E-state index contributed by atoms with van der Waals surface area (Å²) in [6, 6.07) is 5.87. The Morgan fingerprint density at radius 3 is 2.89 bits per heavy atom. The van der Waals surface area contributed by atoms with Gasteiger partial charge in [0.05, 0.1) is 5.69 Å². The molecule has 18 heavy (non-hydrogen) atoms. The molecule has 1 rings (SSSR count). The van der Waals surface area contributed by atoms with Gasteiger partial charge in [-0.05, 0) is 32.4 Å². The van der Waals surface area contributed by atoms with Crippen molar-refractivity contribution in [1.82, 2.24) is 4.98 Å². The van der Waals surface area contributed by atoms with Gasteiger partial charge in [0.15, 0.2) is 5.69 Å². The van der Waals surface area contributed by atoms with Crippen molar-refractivity contribution in [3.05, 3.63) is 24.0 Å². The van der Waals surface area contributed by atoms with Crippen LogP contribution in [0.2, 0.25) is 0 Å². The van der Waals surface area contributed by atoms with Crippen LogP contribution >= 0.6 is 0 Å². The topological polar surface area (TPSA) is 77.2 Å². The number of aliphatic carboxylic acids is 1. The molecule has 0 spiro atoms. The van der Waals surface area contributed by atoms with Crippen LogP contribution in [0.4, 0.5) is 5.69 Å². The maximum Gasteiger partial charge on any atom is 0.303 e. The molecule has 0 aliphatic carbocycles. The average Bonchev–Trinajstić information content (AvgIpc) is 2.34. The molecular weight excluding hydrogens is 230 g/mol. The number of pyridine rings is 1. The quantitative estimate of drug-likeness (QED) is 0.832. The van der Waals surface area contributed by atoms with Gasteiger partial charge in [-0.2, -0.15) is 5.26 Å². The second kappa shape index (κ2) is 6.60. The number of carbonyl (C=O) groups is 1. The van der Waals surface area contributed by atoms with Crippen molar-refractivity contribution in [3.63, 3.8) is 0 Å². The zero-order valence-corrected chi connectivity index (χ0v) is 10.6. The number of carboxylic acids is 1. The second-order valence-corrected chi connectivity index (χ2v) is 4.27. The largest absolute Gasteiger partial charge is 0.481 e. The molecule has 0 aliphatic rings. The molecule has 0 saturated carbocycles. The molecule has 0 fully saturated rings. The number of nitrogens with zero attached hydrogens (tertiary/aromatic N) is 3. The molecule has 0 amide bonds. The zero-order valence-electron chi connectivity index (χ0n) is 10.6. The van der Waals surface area contributed by atoms with Crippen molar-refractivity contribution >= 4 is 11.7 Å². The van der Waals surface area contributed by atoms with Crippen molar-refractivity contribution in [2.75, 3.05) is 11.4 Å². The van der Waals surface area contributed by atoms with E-state index in [1.54, 1.807) is 12.3 Å². The molecule has 1 aromatic heterocycles. The van der Waals surface area contributed by atoms with Crippen molar-refractivity contribution in [2.24, 2.45) is 0 Å². The first-order valence-corrected chi connectivity index (χ1v) is 5.89. The maximum absolute atomic E-state index is 10.5. The molecule has 1 N–H and O–H groups in total. The van der Waals surface area contributed by atoms with Gasteiger partial charge >= 0.3 is 5.97 Å². The van der Waals surface area contributed by atoms with Crippen LogP contribution < -0.4 is 4.90 Å². The summed E-state index contributed by atoms with van der Waals surface area (Å²) in [5.74, 6) is -0.801. The molecule has 0 atom stereocenters. The maximum atomic E-state index is 10.5. The molecule has 0 bridgehead atoms. The Morgan fingerprint density at radius 2 is 2.33 bits per heavy atom. The monoisotopic (exact) mass is 247 g/mol. The third kappa shape index (κ3) is 3.74. The number of carboxylic acid groups (broad SMARTS) is 1. The summed E-state index contributed by atoms with van der Waals surface area (Å²) in [4.78, 5) is 16.6. The van der Waals surface area contributed by atoms with Crippen LogP contribution in [-0.2, 0) is 4.79 Å². The summed E-state index contributed by atoms with van der Waals surface area (Å²) in [6.45, 7) is 4.62. The van der Waals surface area contributed by atoms with Crippen molar-refractivity contribution in [3.8, 4) is 6.07 Å². The Kier molecular flexibility index (Phi) is 5.12. The predicted octanol–water partition coefficient (Wildman–Crippen LogP) is 2.03. The van der Waals surface area contributed by atoms with Gasteiger partial charge in [0.2, 0.25) is 0 Å². The number of hydrogen-bond donors (Lipinski definition) is 1. The SMILES string of the molecule is CC(C)N(CCCC(=O)O)c1cccnc1C#N. The number of hydrogen-bond acceptors (Lipinski definition) is 4. The van der Waals surface area contributed by atoms with Crippen LogP contribution in [0, 0.1) is 11.3 Å². The van der Waals surface area contributed by atoms with E-state index in [9.17, 15) is 4.79 Å². The van der Waals surface area contributed by atoms with E-state index in [1.165, 1.54) is 0 Å². The fourth-order valence-electron chi connectivity index (χ4n) is 1.77. The Labute approximate surface area is 107 Å². The molecule has 1 aromatic rings. The fourth-order valence-corrected chi connectivity index (χ4v) is 1.77. The van der Waals surface area contributed by atoms with Gasteiger partial charge in [-0.1, -0.05) is 0 Å². The summed E-state index contributed by atoms with van der Waals surface area (Å²) in [5.41, 5.74) is 1.14. The highest BCUT2D eigenvalue weighted by Crippen LogP contribution is 2.20.